The average Bonchev–Trinajstić information content (AvgIpc) is 3.05. The number of amides is 3. The number of hydrogen-bond acceptors (Lipinski definition) is 5. The van der Waals surface area contributed by atoms with E-state index in [4.69, 9.17) is 16.3 Å². The molecule has 0 aromatic carbocycles. The number of halogens is 1. The number of carbonyl (C=O) groups excluding carboxylic acids is 3. The molecule has 21 heavy (non-hydrogen) atoms. The van der Waals surface area contributed by atoms with Crippen LogP contribution in [0.5, 0.6) is 0 Å². The summed E-state index contributed by atoms with van der Waals surface area (Å²) in [6.45, 7) is 0.845. The molecule has 3 heterocycles. The fourth-order valence-electron chi connectivity index (χ4n) is 2.63. The number of imide groups is 1. The lowest BCUT2D eigenvalue weighted by Gasteiger charge is -2.34. The van der Waals surface area contributed by atoms with Crippen molar-refractivity contribution in [3.63, 3.8) is 0 Å². The molecule has 0 spiro atoms. The van der Waals surface area contributed by atoms with E-state index in [-0.39, 0.29) is 24.5 Å². The maximum atomic E-state index is 12.3. The van der Waals surface area contributed by atoms with Gasteiger partial charge in [-0.15, -0.1) is 11.3 Å². The van der Waals surface area contributed by atoms with Crippen LogP contribution in [0.15, 0.2) is 12.1 Å². The summed E-state index contributed by atoms with van der Waals surface area (Å²) >= 11 is 7.09. The van der Waals surface area contributed by atoms with Crippen molar-refractivity contribution < 1.29 is 19.1 Å². The Kier molecular flexibility index (Phi) is 3.86. The van der Waals surface area contributed by atoms with Gasteiger partial charge in [-0.1, -0.05) is 11.6 Å². The molecule has 8 heteroatoms. The van der Waals surface area contributed by atoms with Crippen molar-refractivity contribution in [1.82, 2.24) is 9.80 Å². The molecule has 0 atom stereocenters. The predicted molar refractivity (Wildman–Crippen MR) is 76.4 cm³/mol. The van der Waals surface area contributed by atoms with Crippen LogP contribution in [0.1, 0.15) is 22.5 Å². The topological polar surface area (TPSA) is 66.9 Å². The van der Waals surface area contributed by atoms with Crippen LogP contribution in [-0.4, -0.2) is 53.4 Å². The van der Waals surface area contributed by atoms with E-state index >= 15 is 0 Å². The molecule has 0 radical (unpaired) electrons. The van der Waals surface area contributed by atoms with Gasteiger partial charge in [0.25, 0.3) is 11.8 Å². The minimum atomic E-state index is -0.574. The zero-order valence-electron chi connectivity index (χ0n) is 11.1. The highest BCUT2D eigenvalue weighted by atomic mass is 35.5. The minimum Gasteiger partial charge on any atom is -0.439 e. The fourth-order valence-corrected chi connectivity index (χ4v) is 3.64. The van der Waals surface area contributed by atoms with Gasteiger partial charge in [0.2, 0.25) is 0 Å². The van der Waals surface area contributed by atoms with Gasteiger partial charge in [-0.3, -0.25) is 9.59 Å². The van der Waals surface area contributed by atoms with Gasteiger partial charge in [-0.2, -0.15) is 0 Å². The molecular formula is C13H13ClN2O4S. The maximum absolute atomic E-state index is 12.3. The standard InChI is InChI=1S/C13H13ClN2O4S/c14-10-2-1-9(21-10)12(18)15-5-3-8(4-6-15)16-11(17)7-20-13(16)19/h1-2,8H,3-7H2. The van der Waals surface area contributed by atoms with E-state index in [1.54, 1.807) is 17.0 Å². The Bertz CT molecular complexity index is 579. The van der Waals surface area contributed by atoms with Gasteiger partial charge < -0.3 is 9.64 Å². The quantitative estimate of drug-likeness (QED) is 0.832. The highest BCUT2D eigenvalue weighted by molar-refractivity contribution is 7.17. The van der Waals surface area contributed by atoms with Crippen molar-refractivity contribution >= 4 is 40.8 Å². The Morgan fingerprint density at radius 3 is 2.52 bits per heavy atom. The third kappa shape index (κ3) is 2.75. The normalized spacial score (nSPS) is 20.0. The fraction of sp³-hybridized carbons (Fsp3) is 0.462. The van der Waals surface area contributed by atoms with Gasteiger partial charge in [0, 0.05) is 19.1 Å². The SMILES string of the molecule is O=C(c1ccc(Cl)s1)N1CCC(N2C(=O)COC2=O)CC1. The molecule has 1 aromatic rings. The van der Waals surface area contributed by atoms with Crippen LogP contribution >= 0.6 is 22.9 Å². The molecule has 0 N–H and O–H groups in total. The van der Waals surface area contributed by atoms with Gasteiger partial charge in [-0.05, 0) is 25.0 Å². The first-order valence-corrected chi connectivity index (χ1v) is 7.79. The number of ether oxygens (including phenoxy) is 1. The van der Waals surface area contributed by atoms with Crippen LogP contribution < -0.4 is 0 Å². The summed E-state index contributed by atoms with van der Waals surface area (Å²) in [7, 11) is 0. The largest absolute Gasteiger partial charge is 0.439 e. The van der Waals surface area contributed by atoms with E-state index in [0.717, 1.165) is 0 Å². The molecular weight excluding hydrogens is 316 g/mol. The monoisotopic (exact) mass is 328 g/mol. The highest BCUT2D eigenvalue weighted by Crippen LogP contribution is 2.26. The lowest BCUT2D eigenvalue weighted by Crippen LogP contribution is -2.48. The first-order chi connectivity index (χ1) is 10.1. The van der Waals surface area contributed by atoms with Gasteiger partial charge in [0.1, 0.15) is 0 Å². The lowest BCUT2D eigenvalue weighted by molar-refractivity contribution is -0.127. The summed E-state index contributed by atoms with van der Waals surface area (Å²) in [4.78, 5) is 38.9. The zero-order valence-corrected chi connectivity index (χ0v) is 12.7. The summed E-state index contributed by atoms with van der Waals surface area (Å²) in [6.07, 6.45) is 0.576. The number of piperidine rings is 1. The summed E-state index contributed by atoms with van der Waals surface area (Å²) in [5, 5.41) is 0. The second-order valence-corrected chi connectivity index (χ2v) is 6.66. The van der Waals surface area contributed by atoms with Gasteiger partial charge in [0.15, 0.2) is 6.61 Å². The Hall–Kier alpha value is -1.60. The highest BCUT2D eigenvalue weighted by Gasteiger charge is 2.39. The van der Waals surface area contributed by atoms with Crippen LogP contribution in [0.25, 0.3) is 0 Å². The van der Waals surface area contributed by atoms with E-state index in [1.165, 1.54) is 16.2 Å². The van der Waals surface area contributed by atoms with Gasteiger partial charge in [0.05, 0.1) is 9.21 Å². The van der Waals surface area contributed by atoms with Crippen LogP contribution in [0, 0.1) is 0 Å². The van der Waals surface area contributed by atoms with E-state index in [0.29, 0.717) is 35.1 Å². The average molecular weight is 329 g/mol. The number of carbonyl (C=O) groups is 3. The Morgan fingerprint density at radius 1 is 1.29 bits per heavy atom. The van der Waals surface area contributed by atoms with Crippen LogP contribution in [0.2, 0.25) is 4.34 Å². The lowest BCUT2D eigenvalue weighted by atomic mass is 10.0. The van der Waals surface area contributed by atoms with Crippen LogP contribution in [-0.2, 0) is 9.53 Å². The number of rotatable bonds is 2. The Balaban J connectivity index is 1.61. The molecule has 1 aromatic heterocycles. The number of cyclic esters (lactones) is 1. The second kappa shape index (κ2) is 5.65. The third-order valence-electron chi connectivity index (χ3n) is 3.69. The molecule has 0 bridgehead atoms. The first kappa shape index (κ1) is 14.3. The summed E-state index contributed by atoms with van der Waals surface area (Å²) in [5.41, 5.74) is 0. The van der Waals surface area contributed by atoms with Crippen molar-refractivity contribution in [1.29, 1.82) is 0 Å². The van der Waals surface area contributed by atoms with Gasteiger partial charge in [-0.25, -0.2) is 9.69 Å². The third-order valence-corrected chi connectivity index (χ3v) is 4.90. The van der Waals surface area contributed by atoms with E-state index < -0.39 is 6.09 Å². The molecule has 2 aliphatic heterocycles. The molecule has 2 aliphatic rings. The Morgan fingerprint density at radius 2 is 2.00 bits per heavy atom. The van der Waals surface area contributed by atoms with E-state index in [1.807, 2.05) is 0 Å². The van der Waals surface area contributed by atoms with Crippen molar-refractivity contribution in [2.24, 2.45) is 0 Å². The molecule has 0 saturated carbocycles. The predicted octanol–water partition coefficient (Wildman–Crippen LogP) is 1.98. The van der Waals surface area contributed by atoms with E-state index in [2.05, 4.69) is 0 Å². The van der Waals surface area contributed by atoms with Crippen LogP contribution in [0.3, 0.4) is 0 Å². The van der Waals surface area contributed by atoms with Gasteiger partial charge >= 0.3 is 6.09 Å². The van der Waals surface area contributed by atoms with Crippen LogP contribution in [0.4, 0.5) is 4.79 Å². The zero-order chi connectivity index (χ0) is 15.0. The van der Waals surface area contributed by atoms with E-state index in [9.17, 15) is 14.4 Å². The molecule has 0 aliphatic carbocycles. The van der Waals surface area contributed by atoms with Crippen molar-refractivity contribution in [3.8, 4) is 0 Å². The number of hydrogen-bond donors (Lipinski definition) is 0. The number of likely N-dealkylation sites (tertiary alicyclic amines) is 1. The molecule has 3 rings (SSSR count). The molecule has 2 saturated heterocycles. The smallest absolute Gasteiger partial charge is 0.417 e. The maximum Gasteiger partial charge on any atom is 0.417 e. The second-order valence-electron chi connectivity index (χ2n) is 4.95. The van der Waals surface area contributed by atoms with Crippen molar-refractivity contribution in [3.05, 3.63) is 21.3 Å². The molecule has 0 unspecified atom stereocenters. The number of thiophene rings is 1. The number of nitrogens with zero attached hydrogens (tertiary/aromatic N) is 2. The van der Waals surface area contributed by atoms with Crippen molar-refractivity contribution in [2.75, 3.05) is 19.7 Å². The summed E-state index contributed by atoms with van der Waals surface area (Å²) in [6, 6.07) is 3.23. The van der Waals surface area contributed by atoms with Crippen molar-refractivity contribution in [2.45, 2.75) is 18.9 Å². The summed E-state index contributed by atoms with van der Waals surface area (Å²) < 4.78 is 5.30. The molecule has 3 amide bonds. The molecule has 2 fully saturated rings. The first-order valence-electron chi connectivity index (χ1n) is 6.59. The Labute approximate surface area is 130 Å². The summed E-state index contributed by atoms with van der Waals surface area (Å²) in [5.74, 6) is -0.351. The minimum absolute atomic E-state index is 0.0549. The molecule has 112 valence electrons. The molecule has 6 nitrogen and oxygen atoms in total.